The molecule has 0 amide bonds. The quantitative estimate of drug-likeness (QED) is 0.874. The molecule has 4 heteroatoms. The molecule has 1 aliphatic carbocycles. The lowest BCUT2D eigenvalue weighted by Crippen LogP contribution is -2.17. The monoisotopic (exact) mass is 237 g/mol. The topological polar surface area (TPSA) is 37.8 Å². The second kappa shape index (κ2) is 5.53. The van der Waals surface area contributed by atoms with Crippen LogP contribution in [0.2, 0.25) is 0 Å². The van der Waals surface area contributed by atoms with Gasteiger partial charge < -0.3 is 5.32 Å². The van der Waals surface area contributed by atoms with Crippen molar-refractivity contribution >= 4 is 17.6 Å². The minimum absolute atomic E-state index is 0.583. The van der Waals surface area contributed by atoms with Crippen molar-refractivity contribution in [3.63, 3.8) is 0 Å². The van der Waals surface area contributed by atoms with E-state index in [4.69, 9.17) is 0 Å². The Morgan fingerprint density at radius 3 is 3.12 bits per heavy atom. The Balaban J connectivity index is 1.87. The van der Waals surface area contributed by atoms with E-state index in [-0.39, 0.29) is 0 Å². The van der Waals surface area contributed by atoms with E-state index in [1.54, 1.807) is 6.20 Å². The summed E-state index contributed by atoms with van der Waals surface area (Å²) in [5, 5.41) is 12.4. The van der Waals surface area contributed by atoms with Gasteiger partial charge in [-0.3, -0.25) is 0 Å². The van der Waals surface area contributed by atoms with E-state index in [1.165, 1.54) is 25.0 Å². The van der Waals surface area contributed by atoms with Gasteiger partial charge in [-0.05, 0) is 43.6 Å². The smallest absolute Gasteiger partial charge is 0.149 e. The molecule has 2 atom stereocenters. The average Bonchev–Trinajstić information content (AvgIpc) is 2.66. The summed E-state index contributed by atoms with van der Waals surface area (Å²) < 4.78 is 0. The Morgan fingerprint density at radius 2 is 2.38 bits per heavy atom. The summed E-state index contributed by atoms with van der Waals surface area (Å²) in [5.41, 5.74) is 1.16. The van der Waals surface area contributed by atoms with Crippen molar-refractivity contribution in [2.24, 2.45) is 0 Å². The van der Waals surface area contributed by atoms with Crippen molar-refractivity contribution in [2.75, 3.05) is 11.1 Å². The summed E-state index contributed by atoms with van der Waals surface area (Å²) in [6.07, 6.45) is 5.63. The van der Waals surface area contributed by atoms with Gasteiger partial charge in [0.2, 0.25) is 0 Å². The highest BCUT2D eigenvalue weighted by atomic mass is 32.2. The molecule has 0 saturated heterocycles. The molecule has 3 nitrogen and oxygen atoms in total. The second-order valence-electron chi connectivity index (χ2n) is 4.35. The van der Waals surface area contributed by atoms with E-state index < -0.39 is 0 Å². The van der Waals surface area contributed by atoms with Gasteiger partial charge in [0, 0.05) is 11.3 Å². The van der Waals surface area contributed by atoms with E-state index in [2.05, 4.69) is 40.3 Å². The van der Waals surface area contributed by atoms with E-state index in [0.717, 1.165) is 16.6 Å². The molecule has 1 N–H and O–H groups in total. The molecule has 0 radical (unpaired) electrons. The molecule has 1 saturated carbocycles. The first-order valence-corrected chi connectivity index (χ1v) is 7.00. The van der Waals surface area contributed by atoms with E-state index in [0.29, 0.717) is 6.04 Å². The molecule has 0 bridgehead atoms. The second-order valence-corrected chi connectivity index (χ2v) is 5.93. The summed E-state index contributed by atoms with van der Waals surface area (Å²) >= 11 is 2.08. The fourth-order valence-corrected chi connectivity index (χ4v) is 3.34. The molecule has 2 unspecified atom stereocenters. The van der Waals surface area contributed by atoms with Gasteiger partial charge in [-0.25, -0.2) is 0 Å². The molecular formula is C12H19N3S. The average molecular weight is 237 g/mol. The normalized spacial score (nSPS) is 24.6. The van der Waals surface area contributed by atoms with Crippen molar-refractivity contribution in [2.45, 2.75) is 44.4 Å². The first-order valence-electron chi connectivity index (χ1n) is 5.95. The van der Waals surface area contributed by atoms with Crippen molar-refractivity contribution < 1.29 is 0 Å². The lowest BCUT2D eigenvalue weighted by Gasteiger charge is -2.13. The Labute approximate surface area is 101 Å². The Bertz CT molecular complexity index is 343. The summed E-state index contributed by atoms with van der Waals surface area (Å²) in [7, 11) is 0. The van der Waals surface area contributed by atoms with E-state index in [9.17, 15) is 0 Å². The zero-order valence-corrected chi connectivity index (χ0v) is 10.8. The molecule has 1 aromatic heterocycles. The molecule has 2 rings (SSSR count). The maximum atomic E-state index is 4.11. The van der Waals surface area contributed by atoms with Crippen LogP contribution in [0.15, 0.2) is 12.3 Å². The highest BCUT2D eigenvalue weighted by Gasteiger charge is 2.24. The third-order valence-corrected chi connectivity index (χ3v) is 4.16. The van der Waals surface area contributed by atoms with Crippen LogP contribution in [-0.4, -0.2) is 27.2 Å². The number of hydrogen-bond donors (Lipinski definition) is 1. The first kappa shape index (κ1) is 11.7. The SMILES string of the molecule is CCSC1CCC(Nc2cc(C)cnn2)C1. The zero-order chi connectivity index (χ0) is 11.4. The van der Waals surface area contributed by atoms with Crippen LogP contribution in [-0.2, 0) is 0 Å². The van der Waals surface area contributed by atoms with Crippen LogP contribution in [0.25, 0.3) is 0 Å². The Kier molecular flexibility index (Phi) is 4.04. The van der Waals surface area contributed by atoms with Crippen LogP contribution in [0.4, 0.5) is 5.82 Å². The molecule has 0 aromatic carbocycles. The summed E-state index contributed by atoms with van der Waals surface area (Å²) in [5.74, 6) is 2.15. The largest absolute Gasteiger partial charge is 0.366 e. The summed E-state index contributed by atoms with van der Waals surface area (Å²) in [4.78, 5) is 0. The van der Waals surface area contributed by atoms with E-state index >= 15 is 0 Å². The minimum Gasteiger partial charge on any atom is -0.366 e. The number of aromatic nitrogens is 2. The van der Waals surface area contributed by atoms with Gasteiger partial charge in [0.15, 0.2) is 0 Å². The maximum absolute atomic E-state index is 4.11. The standard InChI is InChI=1S/C12H19N3S/c1-3-16-11-5-4-10(7-11)14-12-6-9(2)8-13-15-12/h6,8,10-11H,3-5,7H2,1-2H3,(H,14,15). The van der Waals surface area contributed by atoms with Gasteiger partial charge in [-0.15, -0.1) is 5.10 Å². The van der Waals surface area contributed by atoms with Crippen LogP contribution in [0.3, 0.4) is 0 Å². The molecular weight excluding hydrogens is 218 g/mol. The van der Waals surface area contributed by atoms with Crippen LogP contribution in [0.1, 0.15) is 31.7 Å². The molecule has 1 aliphatic rings. The molecule has 1 aromatic rings. The van der Waals surface area contributed by atoms with Crippen molar-refractivity contribution in [3.05, 3.63) is 17.8 Å². The van der Waals surface area contributed by atoms with Crippen LogP contribution >= 0.6 is 11.8 Å². The van der Waals surface area contributed by atoms with Crippen molar-refractivity contribution in [1.82, 2.24) is 10.2 Å². The van der Waals surface area contributed by atoms with Crippen LogP contribution < -0.4 is 5.32 Å². The lowest BCUT2D eigenvalue weighted by molar-refractivity contribution is 0.747. The maximum Gasteiger partial charge on any atom is 0.149 e. The van der Waals surface area contributed by atoms with Crippen molar-refractivity contribution in [3.8, 4) is 0 Å². The van der Waals surface area contributed by atoms with Gasteiger partial charge >= 0.3 is 0 Å². The number of nitrogens with one attached hydrogen (secondary N) is 1. The number of aryl methyl sites for hydroxylation is 1. The molecule has 0 aliphatic heterocycles. The fraction of sp³-hybridized carbons (Fsp3) is 0.667. The Morgan fingerprint density at radius 1 is 1.50 bits per heavy atom. The fourth-order valence-electron chi connectivity index (χ4n) is 2.20. The van der Waals surface area contributed by atoms with Gasteiger partial charge in [0.1, 0.15) is 5.82 Å². The highest BCUT2D eigenvalue weighted by Crippen LogP contribution is 2.31. The summed E-state index contributed by atoms with van der Waals surface area (Å²) in [6, 6.07) is 2.65. The molecule has 16 heavy (non-hydrogen) atoms. The summed E-state index contributed by atoms with van der Waals surface area (Å²) in [6.45, 7) is 4.28. The predicted octanol–water partition coefficient (Wildman–Crippen LogP) is 2.87. The van der Waals surface area contributed by atoms with Crippen LogP contribution in [0.5, 0.6) is 0 Å². The third kappa shape index (κ3) is 3.11. The van der Waals surface area contributed by atoms with Crippen LogP contribution in [0, 0.1) is 6.92 Å². The number of thioether (sulfide) groups is 1. The highest BCUT2D eigenvalue weighted by molar-refractivity contribution is 7.99. The van der Waals surface area contributed by atoms with Crippen molar-refractivity contribution in [1.29, 1.82) is 0 Å². The molecule has 88 valence electrons. The minimum atomic E-state index is 0.583. The van der Waals surface area contributed by atoms with E-state index in [1.807, 2.05) is 6.92 Å². The van der Waals surface area contributed by atoms with Gasteiger partial charge in [-0.1, -0.05) is 6.92 Å². The number of nitrogens with zero attached hydrogens (tertiary/aromatic N) is 2. The van der Waals surface area contributed by atoms with Gasteiger partial charge in [0.25, 0.3) is 0 Å². The molecule has 1 heterocycles. The molecule has 1 fully saturated rings. The van der Waals surface area contributed by atoms with Gasteiger partial charge in [0.05, 0.1) is 6.20 Å². The third-order valence-electron chi connectivity index (χ3n) is 2.93. The first-order chi connectivity index (χ1) is 7.78. The van der Waals surface area contributed by atoms with Gasteiger partial charge in [-0.2, -0.15) is 16.9 Å². The number of hydrogen-bond acceptors (Lipinski definition) is 4. The molecule has 0 spiro atoms. The predicted molar refractivity (Wildman–Crippen MR) is 70.0 cm³/mol. The Hall–Kier alpha value is -0.770. The lowest BCUT2D eigenvalue weighted by atomic mass is 10.2. The zero-order valence-electron chi connectivity index (χ0n) is 9.94. The number of rotatable bonds is 4. The number of anilines is 1.